The first-order valence-corrected chi connectivity index (χ1v) is 9.84. The molecule has 3 heterocycles. The fourth-order valence-corrected chi connectivity index (χ4v) is 4.83. The molecule has 0 N–H and O–H groups in total. The summed E-state index contributed by atoms with van der Waals surface area (Å²) in [6, 6.07) is 7.20. The van der Waals surface area contributed by atoms with Crippen molar-refractivity contribution in [1.29, 1.82) is 0 Å². The minimum absolute atomic E-state index is 0.0732. The third kappa shape index (κ3) is 3.20. The Morgan fingerprint density at radius 2 is 2.00 bits per heavy atom. The van der Waals surface area contributed by atoms with Crippen molar-refractivity contribution in [3.63, 3.8) is 0 Å². The van der Waals surface area contributed by atoms with Crippen LogP contribution in [0.15, 0.2) is 36.5 Å². The first-order chi connectivity index (χ1) is 14.7. The zero-order chi connectivity index (χ0) is 22.0. The highest BCUT2D eigenvalue weighted by atomic mass is 35.5. The Labute approximate surface area is 179 Å². The van der Waals surface area contributed by atoms with Crippen molar-refractivity contribution in [2.45, 2.75) is 18.0 Å². The van der Waals surface area contributed by atoms with Crippen LogP contribution in [0.1, 0.15) is 17.8 Å². The van der Waals surface area contributed by atoms with Gasteiger partial charge in [-0.15, -0.1) is 10.2 Å². The van der Waals surface area contributed by atoms with E-state index >= 15 is 0 Å². The zero-order valence-corrected chi connectivity index (χ0v) is 17.0. The number of benzene rings is 1. The second kappa shape index (κ2) is 6.81. The number of piperidine rings is 1. The number of ether oxygens (including phenoxy) is 1. The summed E-state index contributed by atoms with van der Waals surface area (Å²) in [4.78, 5) is 5.78. The van der Waals surface area contributed by atoms with Crippen LogP contribution >= 0.6 is 11.6 Å². The standard InChI is InChI=1S/C20H16ClF4N5O/c1-31-16-5-3-13(8-26-16)30-17(20(23,24)25)27-28-18(30)29-9-11-7-19(11,10-29)14-4-2-12(22)6-15(14)21/h2-6,8,11H,7,9-10H2,1H3/t11-,19-/m0/s1. The van der Waals surface area contributed by atoms with Crippen molar-refractivity contribution < 1.29 is 22.3 Å². The minimum atomic E-state index is -4.70. The lowest BCUT2D eigenvalue weighted by molar-refractivity contribution is -0.146. The molecule has 0 bridgehead atoms. The molecule has 11 heteroatoms. The van der Waals surface area contributed by atoms with Gasteiger partial charge in [0.1, 0.15) is 5.82 Å². The number of anilines is 1. The molecule has 3 aromatic rings. The van der Waals surface area contributed by atoms with Gasteiger partial charge in [0.2, 0.25) is 17.7 Å². The normalized spacial score (nSPS) is 22.5. The van der Waals surface area contributed by atoms with E-state index < -0.39 is 17.8 Å². The van der Waals surface area contributed by atoms with Gasteiger partial charge in [-0.1, -0.05) is 17.7 Å². The number of alkyl halides is 3. The van der Waals surface area contributed by atoms with Gasteiger partial charge < -0.3 is 9.64 Å². The van der Waals surface area contributed by atoms with Crippen LogP contribution in [0.2, 0.25) is 5.02 Å². The Morgan fingerprint density at radius 3 is 2.65 bits per heavy atom. The largest absolute Gasteiger partial charge is 0.481 e. The first kappa shape index (κ1) is 20.0. The number of nitrogens with zero attached hydrogens (tertiary/aromatic N) is 5. The lowest BCUT2D eigenvalue weighted by Gasteiger charge is -2.23. The van der Waals surface area contributed by atoms with Gasteiger partial charge in [-0.05, 0) is 36.1 Å². The fourth-order valence-electron chi connectivity index (χ4n) is 4.47. The van der Waals surface area contributed by atoms with Crippen molar-refractivity contribution in [3.8, 4) is 11.6 Å². The zero-order valence-electron chi connectivity index (χ0n) is 16.2. The molecule has 0 radical (unpaired) electrons. The van der Waals surface area contributed by atoms with Gasteiger partial charge in [-0.2, -0.15) is 13.2 Å². The topological polar surface area (TPSA) is 56.1 Å². The van der Waals surface area contributed by atoms with Crippen LogP contribution in [0.5, 0.6) is 5.88 Å². The molecular formula is C20H16ClF4N5O. The number of pyridine rings is 1. The van der Waals surface area contributed by atoms with E-state index in [-0.39, 0.29) is 28.8 Å². The van der Waals surface area contributed by atoms with Gasteiger partial charge in [-0.3, -0.25) is 4.57 Å². The highest BCUT2D eigenvalue weighted by Gasteiger charge is 2.62. The van der Waals surface area contributed by atoms with Crippen LogP contribution in [-0.2, 0) is 11.6 Å². The van der Waals surface area contributed by atoms with E-state index in [1.807, 2.05) is 0 Å². The summed E-state index contributed by atoms with van der Waals surface area (Å²) >= 11 is 6.28. The Bertz CT molecular complexity index is 1150. The lowest BCUT2D eigenvalue weighted by atomic mass is 9.95. The number of methoxy groups -OCH3 is 1. The average Bonchev–Trinajstić information content (AvgIpc) is 3.09. The molecule has 31 heavy (non-hydrogen) atoms. The number of hydrogen-bond acceptors (Lipinski definition) is 5. The SMILES string of the molecule is COc1ccc(-n2c(N3C[C@@H]4C[C@]4(c4ccc(F)cc4Cl)C3)nnc2C(F)(F)F)cn1. The van der Waals surface area contributed by atoms with E-state index in [1.54, 1.807) is 11.0 Å². The number of aromatic nitrogens is 4. The van der Waals surface area contributed by atoms with Crippen LogP contribution < -0.4 is 9.64 Å². The summed E-state index contributed by atoms with van der Waals surface area (Å²) in [6.45, 7) is 0.899. The van der Waals surface area contributed by atoms with Crippen LogP contribution in [-0.4, -0.2) is 39.9 Å². The summed E-state index contributed by atoms with van der Waals surface area (Å²) in [6.07, 6.45) is -2.59. The molecule has 1 aromatic carbocycles. The van der Waals surface area contributed by atoms with E-state index in [4.69, 9.17) is 16.3 Å². The molecule has 2 aromatic heterocycles. The monoisotopic (exact) mass is 453 g/mol. The number of halogens is 5. The van der Waals surface area contributed by atoms with Crippen LogP contribution in [0.25, 0.3) is 5.69 Å². The molecule has 6 nitrogen and oxygen atoms in total. The molecule has 1 aliphatic carbocycles. The van der Waals surface area contributed by atoms with E-state index in [2.05, 4.69) is 15.2 Å². The maximum Gasteiger partial charge on any atom is 0.452 e. The second-order valence-electron chi connectivity index (χ2n) is 7.78. The van der Waals surface area contributed by atoms with Gasteiger partial charge in [0, 0.05) is 29.6 Å². The summed E-state index contributed by atoms with van der Waals surface area (Å²) in [5.41, 5.74) is 0.636. The molecule has 2 aliphatic rings. The minimum Gasteiger partial charge on any atom is -0.481 e. The van der Waals surface area contributed by atoms with Crippen LogP contribution in [0.4, 0.5) is 23.5 Å². The smallest absolute Gasteiger partial charge is 0.452 e. The van der Waals surface area contributed by atoms with E-state index in [0.717, 1.165) is 16.6 Å². The molecule has 1 aliphatic heterocycles. The lowest BCUT2D eigenvalue weighted by Crippen LogP contribution is -2.29. The molecule has 2 fully saturated rings. The predicted molar refractivity (Wildman–Crippen MR) is 104 cm³/mol. The number of rotatable bonds is 4. The van der Waals surface area contributed by atoms with Gasteiger partial charge in [0.05, 0.1) is 19.0 Å². The Balaban J connectivity index is 1.54. The van der Waals surface area contributed by atoms with E-state index in [9.17, 15) is 17.6 Å². The predicted octanol–water partition coefficient (Wildman–Crippen LogP) is 4.26. The molecule has 1 saturated heterocycles. The Hall–Kier alpha value is -2.88. The van der Waals surface area contributed by atoms with E-state index in [0.29, 0.717) is 18.1 Å². The third-order valence-electron chi connectivity index (χ3n) is 5.98. The molecule has 0 spiro atoms. The van der Waals surface area contributed by atoms with Crippen molar-refractivity contribution in [2.24, 2.45) is 5.92 Å². The van der Waals surface area contributed by atoms with Gasteiger partial charge in [0.25, 0.3) is 0 Å². The maximum absolute atomic E-state index is 13.7. The number of hydrogen-bond donors (Lipinski definition) is 0. The molecular weight excluding hydrogens is 438 g/mol. The summed E-state index contributed by atoms with van der Waals surface area (Å²) in [7, 11) is 1.42. The van der Waals surface area contributed by atoms with Gasteiger partial charge in [-0.25, -0.2) is 9.37 Å². The van der Waals surface area contributed by atoms with Gasteiger partial charge >= 0.3 is 6.18 Å². The van der Waals surface area contributed by atoms with Crippen LogP contribution in [0.3, 0.4) is 0 Å². The summed E-state index contributed by atoms with van der Waals surface area (Å²) < 4.78 is 60.4. The van der Waals surface area contributed by atoms with Crippen molar-refractivity contribution in [3.05, 3.63) is 58.8 Å². The molecule has 162 valence electrons. The molecule has 5 rings (SSSR count). The van der Waals surface area contributed by atoms with Crippen molar-refractivity contribution in [2.75, 3.05) is 25.1 Å². The molecule has 0 unspecified atom stereocenters. The van der Waals surface area contributed by atoms with Gasteiger partial charge in [0.15, 0.2) is 0 Å². The second-order valence-corrected chi connectivity index (χ2v) is 8.18. The summed E-state index contributed by atoms with van der Waals surface area (Å²) in [5, 5.41) is 7.61. The molecule has 2 atom stereocenters. The van der Waals surface area contributed by atoms with Crippen LogP contribution in [0, 0.1) is 11.7 Å². The Kier molecular flexibility index (Phi) is 4.40. The molecule has 0 amide bonds. The van der Waals surface area contributed by atoms with E-state index in [1.165, 1.54) is 37.6 Å². The third-order valence-corrected chi connectivity index (χ3v) is 6.30. The fraction of sp³-hybridized carbons (Fsp3) is 0.350. The number of fused-ring (bicyclic) bond motifs is 1. The van der Waals surface area contributed by atoms with Crippen molar-refractivity contribution in [1.82, 2.24) is 19.7 Å². The average molecular weight is 454 g/mol. The highest BCUT2D eigenvalue weighted by Crippen LogP contribution is 2.61. The van der Waals surface area contributed by atoms with Crippen molar-refractivity contribution >= 4 is 17.5 Å². The Morgan fingerprint density at radius 1 is 1.19 bits per heavy atom. The first-order valence-electron chi connectivity index (χ1n) is 9.46. The maximum atomic E-state index is 13.7. The molecule has 1 saturated carbocycles. The summed E-state index contributed by atoms with van der Waals surface area (Å²) in [5.74, 6) is -1.03. The quantitative estimate of drug-likeness (QED) is 0.552. The highest BCUT2D eigenvalue weighted by molar-refractivity contribution is 6.31.